The van der Waals surface area contributed by atoms with Crippen molar-refractivity contribution in [3.63, 3.8) is 0 Å². The number of hydrogen-bond donors (Lipinski definition) is 6. The summed E-state index contributed by atoms with van der Waals surface area (Å²) in [6, 6.07) is 4.66. The van der Waals surface area contributed by atoms with Crippen LogP contribution in [0.3, 0.4) is 0 Å². The zero-order valence-corrected chi connectivity index (χ0v) is 15.4. The molecule has 0 radical (unpaired) electrons. The Balaban J connectivity index is 2.13. The maximum Gasteiger partial charge on any atom is 0.335 e. The number of carboxylic acid groups (broad SMARTS) is 1. The first-order valence-corrected chi connectivity index (χ1v) is 8.56. The highest BCUT2D eigenvalue weighted by Crippen LogP contribution is 2.34. The molecule has 7 N–H and O–H groups in total. The van der Waals surface area contributed by atoms with E-state index >= 15 is 0 Å². The summed E-state index contributed by atoms with van der Waals surface area (Å²) in [5.41, 5.74) is 5.51. The fourth-order valence-corrected chi connectivity index (χ4v) is 3.14. The second kappa shape index (κ2) is 7.62. The van der Waals surface area contributed by atoms with E-state index in [2.05, 4.69) is 10.1 Å². The second-order valence-electron chi connectivity index (χ2n) is 5.97. The molecule has 0 saturated carbocycles. The van der Waals surface area contributed by atoms with Gasteiger partial charge in [0, 0.05) is 5.56 Å². The molecule has 1 aliphatic heterocycles. The van der Waals surface area contributed by atoms with Crippen molar-refractivity contribution in [2.24, 2.45) is 0 Å². The Morgan fingerprint density at radius 1 is 1.21 bits per heavy atom. The third-order valence-corrected chi connectivity index (χ3v) is 4.99. The Hall–Kier alpha value is -2.28. The molecule has 0 aliphatic carbocycles. The van der Waals surface area contributed by atoms with Gasteiger partial charge in [0.15, 0.2) is 18.1 Å². The molecule has 2 aromatic rings. The molecule has 1 aliphatic rings. The van der Waals surface area contributed by atoms with Crippen LogP contribution in [-0.4, -0.2) is 65.6 Å². The van der Waals surface area contributed by atoms with Crippen molar-refractivity contribution in [3.05, 3.63) is 33.9 Å². The molecule has 0 unspecified atom stereocenters. The standard InChI is InChI=1S/C15H15Cl2N5O6/c16-5-3-1-2-4(6(5)17)7-12(18)20-15(19)22(21-7)13-10(25)8(23)9(24)11(28-13)14(26)27/h1-3,8-11,13,23-25H,(H,26,27)(H3,18,19,20)/t8-,9-,10+,11-,13-/m0/s1. The minimum atomic E-state index is -1.89. The molecule has 0 bridgehead atoms. The molecule has 1 aromatic heterocycles. The third kappa shape index (κ3) is 3.43. The van der Waals surface area contributed by atoms with Gasteiger partial charge in [-0.2, -0.15) is 14.8 Å². The molecule has 1 aromatic carbocycles. The molecule has 13 heteroatoms. The number of aliphatic hydroxyl groups is 3. The summed E-state index contributed by atoms with van der Waals surface area (Å²) in [6.07, 6.45) is -9.07. The summed E-state index contributed by atoms with van der Waals surface area (Å²) in [7, 11) is 0. The number of nitrogens with one attached hydrogen (secondary N) is 1. The number of carbonyl (C=O) groups is 1. The maximum atomic E-state index is 11.3. The summed E-state index contributed by atoms with van der Waals surface area (Å²) in [5.74, 6) is -1.75. The van der Waals surface area contributed by atoms with E-state index in [1.54, 1.807) is 12.1 Å². The first-order chi connectivity index (χ1) is 13.1. The Labute approximate surface area is 167 Å². The maximum absolute atomic E-state index is 11.3. The van der Waals surface area contributed by atoms with E-state index in [0.717, 1.165) is 4.68 Å². The van der Waals surface area contributed by atoms with E-state index in [4.69, 9.17) is 44.2 Å². The number of aliphatic hydroxyl groups excluding tert-OH is 3. The lowest BCUT2D eigenvalue weighted by atomic mass is 9.98. The lowest BCUT2D eigenvalue weighted by molar-refractivity contribution is -0.250. The van der Waals surface area contributed by atoms with E-state index in [-0.39, 0.29) is 27.1 Å². The molecule has 3 rings (SSSR count). The van der Waals surface area contributed by atoms with Crippen LogP contribution in [0.25, 0.3) is 11.3 Å². The summed E-state index contributed by atoms with van der Waals surface area (Å²) < 4.78 is 5.91. The van der Waals surface area contributed by atoms with Gasteiger partial charge in [0.25, 0.3) is 0 Å². The summed E-state index contributed by atoms with van der Waals surface area (Å²) in [5, 5.41) is 51.5. The predicted octanol–water partition coefficient (Wildman–Crippen LogP) is -0.622. The van der Waals surface area contributed by atoms with Crippen LogP contribution in [-0.2, 0) is 9.53 Å². The van der Waals surface area contributed by atoms with Gasteiger partial charge in [-0.25, -0.2) is 4.79 Å². The van der Waals surface area contributed by atoms with Crippen LogP contribution in [0.2, 0.25) is 10.0 Å². The van der Waals surface area contributed by atoms with Gasteiger partial charge in [0.2, 0.25) is 5.62 Å². The highest BCUT2D eigenvalue weighted by molar-refractivity contribution is 6.43. The van der Waals surface area contributed by atoms with Gasteiger partial charge in [-0.05, 0) is 6.07 Å². The zero-order chi connectivity index (χ0) is 20.7. The van der Waals surface area contributed by atoms with Gasteiger partial charge in [0.05, 0.1) is 10.0 Å². The van der Waals surface area contributed by atoms with Crippen LogP contribution >= 0.6 is 23.2 Å². The van der Waals surface area contributed by atoms with E-state index in [0.29, 0.717) is 0 Å². The lowest BCUT2D eigenvalue weighted by Gasteiger charge is -2.38. The quantitative estimate of drug-likeness (QED) is 0.367. The van der Waals surface area contributed by atoms with Crippen molar-refractivity contribution in [3.8, 4) is 11.3 Å². The van der Waals surface area contributed by atoms with Gasteiger partial charge in [-0.3, -0.25) is 5.41 Å². The normalized spacial score (nSPS) is 27.5. The van der Waals surface area contributed by atoms with E-state index < -0.39 is 42.2 Å². The van der Waals surface area contributed by atoms with Crippen LogP contribution in [0.5, 0.6) is 0 Å². The average Bonchev–Trinajstić information content (AvgIpc) is 2.63. The molecule has 1 saturated heterocycles. The zero-order valence-electron chi connectivity index (χ0n) is 13.9. The van der Waals surface area contributed by atoms with Gasteiger partial charge < -0.3 is 30.9 Å². The van der Waals surface area contributed by atoms with Crippen molar-refractivity contribution in [1.82, 2.24) is 14.8 Å². The molecular formula is C15H15Cl2N5O6. The van der Waals surface area contributed by atoms with Gasteiger partial charge >= 0.3 is 5.97 Å². The van der Waals surface area contributed by atoms with Crippen molar-refractivity contribution >= 4 is 35.0 Å². The van der Waals surface area contributed by atoms with E-state index in [1.165, 1.54) is 6.07 Å². The number of nitrogens with zero attached hydrogens (tertiary/aromatic N) is 3. The van der Waals surface area contributed by atoms with Crippen LogP contribution in [0.4, 0.5) is 5.82 Å². The minimum Gasteiger partial charge on any atom is -0.479 e. The number of aliphatic carboxylic acids is 1. The largest absolute Gasteiger partial charge is 0.479 e. The number of nitrogens with two attached hydrogens (primary N) is 1. The predicted molar refractivity (Wildman–Crippen MR) is 95.3 cm³/mol. The monoisotopic (exact) mass is 431 g/mol. The highest BCUT2D eigenvalue weighted by atomic mass is 35.5. The number of nitrogen functional groups attached to an aromatic ring is 1. The topological polar surface area (TPSA) is 188 Å². The Kier molecular flexibility index (Phi) is 5.57. The molecule has 2 heterocycles. The fraction of sp³-hybridized carbons (Fsp3) is 0.333. The highest BCUT2D eigenvalue weighted by Gasteiger charge is 2.48. The Bertz CT molecular complexity index is 986. The van der Waals surface area contributed by atoms with Crippen LogP contribution in [0.1, 0.15) is 6.23 Å². The molecule has 5 atom stereocenters. The van der Waals surface area contributed by atoms with Gasteiger partial charge in [0.1, 0.15) is 24.0 Å². The third-order valence-electron chi connectivity index (χ3n) is 4.17. The fourth-order valence-electron chi connectivity index (χ4n) is 2.75. The number of ether oxygens (including phenoxy) is 1. The second-order valence-corrected chi connectivity index (χ2v) is 6.76. The first-order valence-electron chi connectivity index (χ1n) is 7.81. The number of halogens is 2. The van der Waals surface area contributed by atoms with Gasteiger partial charge in [-0.15, -0.1) is 0 Å². The Morgan fingerprint density at radius 3 is 2.54 bits per heavy atom. The van der Waals surface area contributed by atoms with Crippen molar-refractivity contribution in [2.45, 2.75) is 30.6 Å². The molecule has 0 spiro atoms. The molecule has 150 valence electrons. The number of rotatable bonds is 3. The smallest absolute Gasteiger partial charge is 0.335 e. The lowest BCUT2D eigenvalue weighted by Crippen LogP contribution is -2.59. The van der Waals surface area contributed by atoms with E-state index in [1.807, 2.05) is 0 Å². The first kappa shape index (κ1) is 20.5. The summed E-state index contributed by atoms with van der Waals surface area (Å²) in [4.78, 5) is 15.1. The SMILES string of the molecule is N=c1nc(N)c(-c2cccc(Cl)c2Cl)nn1[C@H]1O[C@H](C(=O)O)[C@@H](O)[C@H](O)[C@H]1O. The van der Waals surface area contributed by atoms with E-state index in [9.17, 15) is 20.1 Å². The van der Waals surface area contributed by atoms with Crippen molar-refractivity contribution in [2.75, 3.05) is 5.73 Å². The summed E-state index contributed by atoms with van der Waals surface area (Å²) >= 11 is 12.2. The van der Waals surface area contributed by atoms with Gasteiger partial charge in [-0.1, -0.05) is 35.3 Å². The molecule has 28 heavy (non-hydrogen) atoms. The summed E-state index contributed by atoms with van der Waals surface area (Å²) in [6.45, 7) is 0. The van der Waals surface area contributed by atoms with Crippen LogP contribution < -0.4 is 11.4 Å². The molecule has 0 amide bonds. The molecular weight excluding hydrogens is 417 g/mol. The van der Waals surface area contributed by atoms with Crippen molar-refractivity contribution in [1.29, 1.82) is 5.41 Å². The van der Waals surface area contributed by atoms with Crippen LogP contribution in [0.15, 0.2) is 18.2 Å². The number of carboxylic acids is 1. The molecule has 11 nitrogen and oxygen atoms in total. The van der Waals surface area contributed by atoms with Crippen LogP contribution in [0, 0.1) is 5.41 Å². The molecule has 1 fully saturated rings. The number of benzene rings is 1. The number of anilines is 1. The number of hydrogen-bond acceptors (Lipinski definition) is 9. The minimum absolute atomic E-state index is 0.00760. The van der Waals surface area contributed by atoms with Crippen molar-refractivity contribution < 1.29 is 30.0 Å². The number of aromatic nitrogens is 3. The Morgan fingerprint density at radius 2 is 1.89 bits per heavy atom. The average molecular weight is 432 g/mol.